The predicted molar refractivity (Wildman–Crippen MR) is 91.7 cm³/mol. The summed E-state index contributed by atoms with van der Waals surface area (Å²) in [5.41, 5.74) is 0.962. The minimum Gasteiger partial charge on any atom is -0.366 e. The second-order valence-corrected chi connectivity index (χ2v) is 6.39. The summed E-state index contributed by atoms with van der Waals surface area (Å²) in [4.78, 5) is 32.7. The first-order chi connectivity index (χ1) is 12.5. The summed E-state index contributed by atoms with van der Waals surface area (Å²) in [6.45, 7) is 4.03. The van der Waals surface area contributed by atoms with Crippen LogP contribution in [0.1, 0.15) is 24.2 Å². The number of hydrogen-bond donors (Lipinski definition) is 0. The van der Waals surface area contributed by atoms with Crippen molar-refractivity contribution in [2.45, 2.75) is 39.1 Å². The van der Waals surface area contributed by atoms with E-state index >= 15 is 0 Å². The van der Waals surface area contributed by atoms with E-state index in [9.17, 15) is 9.59 Å². The van der Waals surface area contributed by atoms with Crippen LogP contribution in [0.4, 0.5) is 0 Å². The zero-order valence-electron chi connectivity index (χ0n) is 15.1. The van der Waals surface area contributed by atoms with Crippen LogP contribution in [0.2, 0.25) is 0 Å². The molecule has 2 amide bonds. The van der Waals surface area contributed by atoms with Gasteiger partial charge in [-0.15, -0.1) is 0 Å². The molecule has 1 aliphatic rings. The molecule has 1 aromatic heterocycles. The van der Waals surface area contributed by atoms with Crippen LogP contribution in [0.25, 0.3) is 0 Å². The van der Waals surface area contributed by atoms with Crippen molar-refractivity contribution in [3.05, 3.63) is 47.6 Å². The van der Waals surface area contributed by atoms with E-state index < -0.39 is 12.1 Å². The monoisotopic (exact) mass is 358 g/mol. The molecule has 0 saturated carbocycles. The zero-order chi connectivity index (χ0) is 18.7. The Bertz CT molecular complexity index is 777. The third-order valence-corrected chi connectivity index (χ3v) is 4.34. The molecule has 138 valence electrons. The number of morpholine rings is 1. The van der Waals surface area contributed by atoms with E-state index in [0.29, 0.717) is 18.3 Å². The maximum atomic E-state index is 13.0. The molecule has 0 aliphatic carbocycles. The Morgan fingerprint density at radius 2 is 2.08 bits per heavy atom. The number of hydrogen-bond acceptors (Lipinski definition) is 6. The molecule has 3 rings (SSSR count). The van der Waals surface area contributed by atoms with E-state index in [1.807, 2.05) is 30.3 Å². The molecule has 2 atom stereocenters. The van der Waals surface area contributed by atoms with E-state index in [1.165, 1.54) is 4.90 Å². The van der Waals surface area contributed by atoms with Crippen LogP contribution >= 0.6 is 0 Å². The van der Waals surface area contributed by atoms with E-state index in [-0.39, 0.29) is 25.0 Å². The molecule has 1 fully saturated rings. The lowest BCUT2D eigenvalue weighted by Crippen LogP contribution is -2.59. The number of nitrogens with zero attached hydrogens (tertiary/aromatic N) is 4. The lowest BCUT2D eigenvalue weighted by atomic mass is 10.0. The van der Waals surface area contributed by atoms with Crippen molar-refractivity contribution in [1.82, 2.24) is 19.9 Å². The van der Waals surface area contributed by atoms with Crippen molar-refractivity contribution in [1.29, 1.82) is 0 Å². The van der Waals surface area contributed by atoms with Gasteiger partial charge in [-0.2, -0.15) is 4.98 Å². The van der Waals surface area contributed by atoms with E-state index in [2.05, 4.69) is 10.1 Å². The molecule has 1 saturated heterocycles. The average Bonchev–Trinajstić information content (AvgIpc) is 3.03. The third-order valence-electron chi connectivity index (χ3n) is 4.34. The number of likely N-dealkylation sites (N-methyl/N-ethyl adjacent to an activating group) is 1. The first-order valence-corrected chi connectivity index (χ1v) is 8.45. The van der Waals surface area contributed by atoms with Crippen LogP contribution in [-0.2, 0) is 27.4 Å². The molecule has 0 bridgehead atoms. The van der Waals surface area contributed by atoms with Gasteiger partial charge in [-0.25, -0.2) is 0 Å². The third kappa shape index (κ3) is 3.91. The number of aryl methyl sites for hydroxylation is 1. The van der Waals surface area contributed by atoms with E-state index in [0.717, 1.165) is 5.56 Å². The van der Waals surface area contributed by atoms with Gasteiger partial charge in [0.25, 0.3) is 0 Å². The number of rotatable bonds is 5. The SMILES string of the molecule is Cc1nc(CN(C)C(=O)[C@@H]2[C@@H](C)OCC(=O)N2Cc2ccccc2)no1. The molecule has 8 nitrogen and oxygen atoms in total. The summed E-state index contributed by atoms with van der Waals surface area (Å²) >= 11 is 0. The van der Waals surface area contributed by atoms with Crippen molar-refractivity contribution in [2.75, 3.05) is 13.7 Å². The molecule has 0 N–H and O–H groups in total. The van der Waals surface area contributed by atoms with Gasteiger partial charge in [0, 0.05) is 20.5 Å². The molecule has 2 aromatic rings. The number of carbonyl (C=O) groups is 2. The van der Waals surface area contributed by atoms with Gasteiger partial charge >= 0.3 is 0 Å². The molecule has 8 heteroatoms. The molecule has 0 radical (unpaired) electrons. The van der Waals surface area contributed by atoms with Gasteiger partial charge in [-0.1, -0.05) is 35.5 Å². The Labute approximate surface area is 151 Å². The summed E-state index contributed by atoms with van der Waals surface area (Å²) in [6, 6.07) is 8.89. The highest BCUT2D eigenvalue weighted by Gasteiger charge is 2.40. The molecular weight excluding hydrogens is 336 g/mol. The summed E-state index contributed by atoms with van der Waals surface area (Å²) in [7, 11) is 1.65. The Kier molecular flexibility index (Phi) is 5.32. The van der Waals surface area contributed by atoms with E-state index in [4.69, 9.17) is 9.26 Å². The number of benzene rings is 1. The Morgan fingerprint density at radius 1 is 1.35 bits per heavy atom. The summed E-state index contributed by atoms with van der Waals surface area (Å²) < 4.78 is 10.4. The predicted octanol–water partition coefficient (Wildman–Crippen LogP) is 1.15. The van der Waals surface area contributed by atoms with Gasteiger partial charge in [0.2, 0.25) is 17.7 Å². The summed E-state index contributed by atoms with van der Waals surface area (Å²) in [5.74, 6) is 0.442. The smallest absolute Gasteiger partial charge is 0.249 e. The van der Waals surface area contributed by atoms with Gasteiger partial charge in [0.05, 0.1) is 12.6 Å². The number of amides is 2. The van der Waals surface area contributed by atoms with Crippen LogP contribution in [0.5, 0.6) is 0 Å². The topological polar surface area (TPSA) is 88.8 Å². The van der Waals surface area contributed by atoms with Crippen LogP contribution in [0.15, 0.2) is 34.9 Å². The lowest BCUT2D eigenvalue weighted by Gasteiger charge is -2.40. The molecular formula is C18H22N4O4. The lowest BCUT2D eigenvalue weighted by molar-refractivity contribution is -0.167. The van der Waals surface area contributed by atoms with Crippen molar-refractivity contribution >= 4 is 11.8 Å². The van der Waals surface area contributed by atoms with Gasteiger partial charge < -0.3 is 19.1 Å². The second kappa shape index (κ2) is 7.65. The second-order valence-electron chi connectivity index (χ2n) is 6.39. The van der Waals surface area contributed by atoms with Crippen LogP contribution in [0, 0.1) is 6.92 Å². The van der Waals surface area contributed by atoms with Crippen LogP contribution < -0.4 is 0 Å². The van der Waals surface area contributed by atoms with Gasteiger partial charge in [0.15, 0.2) is 5.82 Å². The molecule has 0 spiro atoms. The summed E-state index contributed by atoms with van der Waals surface area (Å²) in [5, 5.41) is 3.81. The fraction of sp³-hybridized carbons (Fsp3) is 0.444. The highest BCUT2D eigenvalue weighted by molar-refractivity contribution is 5.89. The molecule has 0 unspecified atom stereocenters. The fourth-order valence-corrected chi connectivity index (χ4v) is 3.01. The average molecular weight is 358 g/mol. The normalized spacial score (nSPS) is 20.3. The fourth-order valence-electron chi connectivity index (χ4n) is 3.01. The Morgan fingerprint density at radius 3 is 2.73 bits per heavy atom. The quantitative estimate of drug-likeness (QED) is 0.797. The number of ether oxygens (including phenoxy) is 1. The minimum atomic E-state index is -0.700. The van der Waals surface area contributed by atoms with Gasteiger partial charge in [-0.3, -0.25) is 9.59 Å². The highest BCUT2D eigenvalue weighted by atomic mass is 16.5. The molecule has 1 aliphatic heterocycles. The first kappa shape index (κ1) is 18.1. The zero-order valence-corrected chi connectivity index (χ0v) is 15.1. The van der Waals surface area contributed by atoms with Crippen molar-refractivity contribution < 1.29 is 18.8 Å². The number of aromatic nitrogens is 2. The van der Waals surface area contributed by atoms with Crippen molar-refractivity contribution in [3.8, 4) is 0 Å². The first-order valence-electron chi connectivity index (χ1n) is 8.45. The molecule has 2 heterocycles. The van der Waals surface area contributed by atoms with Gasteiger partial charge in [0.1, 0.15) is 12.6 Å². The maximum Gasteiger partial charge on any atom is 0.249 e. The largest absolute Gasteiger partial charge is 0.366 e. The maximum absolute atomic E-state index is 13.0. The summed E-state index contributed by atoms with van der Waals surface area (Å²) in [6.07, 6.45) is -0.404. The minimum absolute atomic E-state index is 0.0223. The Balaban J connectivity index is 1.78. The van der Waals surface area contributed by atoms with Crippen LogP contribution in [-0.4, -0.2) is 57.6 Å². The molecule has 26 heavy (non-hydrogen) atoms. The standard InChI is InChI=1S/C18H22N4O4/c1-12-17(18(24)21(3)10-15-19-13(2)26-20-15)22(16(23)11-25-12)9-14-7-5-4-6-8-14/h4-8,12,17H,9-11H2,1-3H3/t12-,17+/m1/s1. The molecule has 1 aromatic carbocycles. The van der Waals surface area contributed by atoms with Gasteiger partial charge in [-0.05, 0) is 12.5 Å². The van der Waals surface area contributed by atoms with Crippen molar-refractivity contribution in [2.24, 2.45) is 0 Å². The van der Waals surface area contributed by atoms with Crippen molar-refractivity contribution in [3.63, 3.8) is 0 Å². The van der Waals surface area contributed by atoms with Crippen LogP contribution in [0.3, 0.4) is 0 Å². The number of carbonyl (C=O) groups excluding carboxylic acids is 2. The Hall–Kier alpha value is -2.74. The highest BCUT2D eigenvalue weighted by Crippen LogP contribution is 2.20. The van der Waals surface area contributed by atoms with E-state index in [1.54, 1.807) is 25.8 Å².